The van der Waals surface area contributed by atoms with Gasteiger partial charge in [-0.2, -0.15) is 12.6 Å². The maximum atomic E-state index is 4.80. The Kier molecular flexibility index (Phi) is 3.43. The lowest BCUT2D eigenvalue weighted by Gasteiger charge is -2.32. The highest BCUT2D eigenvalue weighted by atomic mass is 32.1. The molecule has 72 valence electrons. The maximum Gasteiger partial charge on any atom is 0.0398 e. The lowest BCUT2D eigenvalue weighted by atomic mass is 9.85. The Bertz CT molecular complexity index is 253. The molecule has 0 radical (unpaired) electrons. The first-order valence-electron chi connectivity index (χ1n) is 4.89. The molecule has 0 aliphatic heterocycles. The molecule has 0 aromatic heterocycles. The molecule has 1 aromatic carbocycles. The number of hydrogen-bond donors (Lipinski definition) is 1. The molecule has 0 spiro atoms. The smallest absolute Gasteiger partial charge is 0.0398 e. The molecule has 0 N–H and O–H groups in total. The van der Waals surface area contributed by atoms with E-state index < -0.39 is 0 Å². The molecule has 0 amide bonds. The van der Waals surface area contributed by atoms with E-state index in [0.717, 1.165) is 6.42 Å². The number of rotatable bonds is 3. The second-order valence-corrected chi connectivity index (χ2v) is 4.60. The van der Waals surface area contributed by atoms with Gasteiger partial charge in [-0.05, 0) is 17.9 Å². The molecule has 0 fully saturated rings. The van der Waals surface area contributed by atoms with Gasteiger partial charge in [0.2, 0.25) is 0 Å². The third-order valence-electron chi connectivity index (χ3n) is 2.77. The van der Waals surface area contributed by atoms with E-state index in [0.29, 0.717) is 5.92 Å². The van der Waals surface area contributed by atoms with Crippen LogP contribution in [0.15, 0.2) is 30.3 Å². The van der Waals surface area contributed by atoms with Crippen LogP contribution in [0.5, 0.6) is 0 Å². The molecule has 1 atom stereocenters. The van der Waals surface area contributed by atoms with Crippen molar-refractivity contribution in [3.63, 3.8) is 0 Å². The molecule has 1 rings (SSSR count). The summed E-state index contributed by atoms with van der Waals surface area (Å²) < 4.78 is 0.0290. The molecule has 0 aliphatic rings. The molecule has 1 aromatic rings. The normalized spacial score (nSPS) is 15.8. The van der Waals surface area contributed by atoms with Crippen molar-refractivity contribution in [2.45, 2.75) is 31.9 Å². The highest BCUT2D eigenvalue weighted by Crippen LogP contribution is 2.38. The van der Waals surface area contributed by atoms with Gasteiger partial charge in [0.15, 0.2) is 0 Å². The van der Waals surface area contributed by atoms with Crippen molar-refractivity contribution in [1.82, 2.24) is 0 Å². The zero-order valence-electron chi connectivity index (χ0n) is 8.62. The third kappa shape index (κ3) is 2.08. The van der Waals surface area contributed by atoms with Gasteiger partial charge in [0.1, 0.15) is 0 Å². The topological polar surface area (TPSA) is 0 Å². The van der Waals surface area contributed by atoms with E-state index in [1.54, 1.807) is 0 Å². The van der Waals surface area contributed by atoms with Crippen LogP contribution in [-0.2, 0) is 4.75 Å². The Morgan fingerprint density at radius 1 is 1.23 bits per heavy atom. The van der Waals surface area contributed by atoms with E-state index in [-0.39, 0.29) is 4.75 Å². The first-order valence-corrected chi connectivity index (χ1v) is 5.34. The van der Waals surface area contributed by atoms with E-state index >= 15 is 0 Å². The summed E-state index contributed by atoms with van der Waals surface area (Å²) in [5, 5.41) is 0. The molecular weight excluding hydrogens is 176 g/mol. The second-order valence-electron chi connectivity index (χ2n) is 3.80. The summed E-state index contributed by atoms with van der Waals surface area (Å²) in [6.07, 6.45) is 1.07. The molecular formula is C12H18S. The summed E-state index contributed by atoms with van der Waals surface area (Å²) in [6.45, 7) is 6.65. The van der Waals surface area contributed by atoms with E-state index in [2.05, 4.69) is 45.0 Å². The van der Waals surface area contributed by atoms with Crippen LogP contribution >= 0.6 is 12.6 Å². The fraction of sp³-hybridized carbons (Fsp3) is 0.500. The molecule has 0 saturated carbocycles. The quantitative estimate of drug-likeness (QED) is 0.694. The van der Waals surface area contributed by atoms with E-state index in [1.807, 2.05) is 6.07 Å². The zero-order chi connectivity index (χ0) is 9.90. The minimum Gasteiger partial charge on any atom is -0.167 e. The number of benzene rings is 1. The van der Waals surface area contributed by atoms with Crippen LogP contribution in [0.3, 0.4) is 0 Å². The minimum atomic E-state index is 0.0290. The van der Waals surface area contributed by atoms with Crippen LogP contribution in [0, 0.1) is 5.92 Å². The van der Waals surface area contributed by atoms with Crippen LogP contribution in [0.2, 0.25) is 0 Å². The van der Waals surface area contributed by atoms with Gasteiger partial charge < -0.3 is 0 Å². The van der Waals surface area contributed by atoms with Gasteiger partial charge in [0, 0.05) is 4.75 Å². The van der Waals surface area contributed by atoms with Crippen molar-refractivity contribution in [3.8, 4) is 0 Å². The molecule has 1 heteroatoms. The van der Waals surface area contributed by atoms with Crippen molar-refractivity contribution < 1.29 is 0 Å². The van der Waals surface area contributed by atoms with Crippen molar-refractivity contribution in [2.24, 2.45) is 5.92 Å². The third-order valence-corrected chi connectivity index (χ3v) is 3.86. The van der Waals surface area contributed by atoms with E-state index in [9.17, 15) is 0 Å². The summed E-state index contributed by atoms with van der Waals surface area (Å²) >= 11 is 4.80. The molecule has 13 heavy (non-hydrogen) atoms. The Morgan fingerprint density at radius 2 is 1.77 bits per heavy atom. The van der Waals surface area contributed by atoms with Crippen LogP contribution < -0.4 is 0 Å². The predicted molar refractivity (Wildman–Crippen MR) is 62.2 cm³/mol. The van der Waals surface area contributed by atoms with E-state index in [1.165, 1.54) is 5.56 Å². The molecule has 0 aliphatic carbocycles. The van der Waals surface area contributed by atoms with Crippen LogP contribution in [0.25, 0.3) is 0 Å². The molecule has 1 unspecified atom stereocenters. The highest BCUT2D eigenvalue weighted by molar-refractivity contribution is 7.81. The lowest BCUT2D eigenvalue weighted by molar-refractivity contribution is 0.440. The fourth-order valence-corrected chi connectivity index (χ4v) is 1.82. The number of thiol groups is 1. The van der Waals surface area contributed by atoms with Crippen molar-refractivity contribution in [1.29, 1.82) is 0 Å². The molecule has 0 heterocycles. The monoisotopic (exact) mass is 194 g/mol. The van der Waals surface area contributed by atoms with Gasteiger partial charge in [-0.3, -0.25) is 0 Å². The second kappa shape index (κ2) is 4.19. The Hall–Kier alpha value is -0.430. The van der Waals surface area contributed by atoms with Gasteiger partial charge in [-0.25, -0.2) is 0 Å². The summed E-state index contributed by atoms with van der Waals surface area (Å²) in [6, 6.07) is 10.5. The standard InChI is InChI=1S/C12H18S/c1-4-12(13,10(2)3)11-8-6-5-7-9-11/h5-10,13H,4H2,1-3H3. The van der Waals surface area contributed by atoms with Gasteiger partial charge in [0.05, 0.1) is 0 Å². The Balaban J connectivity index is 3.03. The van der Waals surface area contributed by atoms with Gasteiger partial charge in [-0.15, -0.1) is 0 Å². The van der Waals surface area contributed by atoms with Crippen molar-refractivity contribution >= 4 is 12.6 Å². The van der Waals surface area contributed by atoms with Gasteiger partial charge >= 0.3 is 0 Å². The summed E-state index contributed by atoms with van der Waals surface area (Å²) in [4.78, 5) is 0. The largest absolute Gasteiger partial charge is 0.167 e. The van der Waals surface area contributed by atoms with Crippen molar-refractivity contribution in [3.05, 3.63) is 35.9 Å². The van der Waals surface area contributed by atoms with Gasteiger partial charge in [-0.1, -0.05) is 51.1 Å². The van der Waals surface area contributed by atoms with Crippen LogP contribution in [-0.4, -0.2) is 0 Å². The number of hydrogen-bond acceptors (Lipinski definition) is 1. The van der Waals surface area contributed by atoms with Gasteiger partial charge in [0.25, 0.3) is 0 Å². The molecule has 0 bridgehead atoms. The fourth-order valence-electron chi connectivity index (χ4n) is 1.67. The first kappa shape index (κ1) is 10.6. The SMILES string of the molecule is CCC(S)(c1ccccc1)C(C)C. The van der Waals surface area contributed by atoms with Crippen LogP contribution in [0.4, 0.5) is 0 Å². The lowest BCUT2D eigenvalue weighted by Crippen LogP contribution is -2.24. The zero-order valence-corrected chi connectivity index (χ0v) is 9.51. The molecule has 0 saturated heterocycles. The maximum absolute atomic E-state index is 4.80. The van der Waals surface area contributed by atoms with E-state index in [4.69, 9.17) is 12.6 Å². The first-order chi connectivity index (χ1) is 6.11. The summed E-state index contributed by atoms with van der Waals surface area (Å²) in [5.41, 5.74) is 1.33. The average molecular weight is 194 g/mol. The summed E-state index contributed by atoms with van der Waals surface area (Å²) in [5.74, 6) is 0.559. The highest BCUT2D eigenvalue weighted by Gasteiger charge is 2.28. The van der Waals surface area contributed by atoms with Crippen LogP contribution in [0.1, 0.15) is 32.8 Å². The average Bonchev–Trinajstić information content (AvgIpc) is 2.17. The van der Waals surface area contributed by atoms with Crippen molar-refractivity contribution in [2.75, 3.05) is 0 Å². The minimum absolute atomic E-state index is 0.0290. The summed E-state index contributed by atoms with van der Waals surface area (Å²) in [7, 11) is 0. The molecule has 0 nitrogen and oxygen atoms in total. The Labute approximate surface area is 86.8 Å². The predicted octanol–water partition coefficient (Wildman–Crippen LogP) is 3.88. The Morgan fingerprint density at radius 3 is 2.15 bits per heavy atom.